The van der Waals surface area contributed by atoms with Gasteiger partial charge in [-0.3, -0.25) is 0 Å². The van der Waals surface area contributed by atoms with Crippen molar-refractivity contribution >= 4 is 33.3 Å². The highest BCUT2D eigenvalue weighted by molar-refractivity contribution is 7.98. The normalized spacial score (nSPS) is 13.1. The number of thioether (sulfide) groups is 1. The van der Waals surface area contributed by atoms with Crippen LogP contribution in [0.25, 0.3) is 10.2 Å². The van der Waals surface area contributed by atoms with Crippen molar-refractivity contribution < 1.29 is 0 Å². The number of benzene rings is 1. The van der Waals surface area contributed by atoms with Crippen molar-refractivity contribution in [2.75, 3.05) is 18.6 Å². The summed E-state index contributed by atoms with van der Waals surface area (Å²) in [5, 5.41) is 4.72. The Morgan fingerprint density at radius 3 is 3.00 bits per heavy atom. The third-order valence-electron chi connectivity index (χ3n) is 2.66. The van der Waals surface area contributed by atoms with Crippen LogP contribution >= 0.6 is 23.1 Å². The molecule has 0 aliphatic heterocycles. The van der Waals surface area contributed by atoms with Crippen LogP contribution in [0.15, 0.2) is 24.3 Å². The van der Waals surface area contributed by atoms with Crippen molar-refractivity contribution in [3.63, 3.8) is 0 Å². The summed E-state index contributed by atoms with van der Waals surface area (Å²) in [4.78, 5) is 4.66. The largest absolute Gasteiger partial charge is 0.308 e. The van der Waals surface area contributed by atoms with E-state index < -0.39 is 0 Å². The molecule has 1 unspecified atom stereocenters. The van der Waals surface area contributed by atoms with Crippen LogP contribution in [0, 0.1) is 0 Å². The van der Waals surface area contributed by atoms with E-state index in [-0.39, 0.29) is 0 Å². The Morgan fingerprint density at radius 2 is 2.24 bits per heavy atom. The molecule has 4 heteroatoms. The Hall–Kier alpha value is -0.580. The molecule has 0 saturated carbocycles. The standard InChI is InChI=1S/C13H18N2S2/c1-10(14-8-5-9-16-2)13-15-11-6-3-4-7-12(11)17-13/h3-4,6-7,10,14H,5,8-9H2,1-2H3. The molecule has 0 fully saturated rings. The number of aromatic nitrogens is 1. The average molecular weight is 266 g/mol. The summed E-state index contributed by atoms with van der Waals surface area (Å²) in [7, 11) is 0. The number of nitrogens with one attached hydrogen (secondary N) is 1. The summed E-state index contributed by atoms with van der Waals surface area (Å²) in [6, 6.07) is 8.69. The first-order valence-corrected chi connectivity index (χ1v) is 8.10. The minimum Gasteiger partial charge on any atom is -0.308 e. The molecular formula is C13H18N2S2. The lowest BCUT2D eigenvalue weighted by Gasteiger charge is -2.10. The monoisotopic (exact) mass is 266 g/mol. The lowest BCUT2D eigenvalue weighted by atomic mass is 10.3. The Balaban J connectivity index is 1.96. The van der Waals surface area contributed by atoms with Crippen LogP contribution in [0.3, 0.4) is 0 Å². The van der Waals surface area contributed by atoms with E-state index in [1.165, 1.54) is 21.9 Å². The van der Waals surface area contributed by atoms with E-state index in [1.807, 2.05) is 17.8 Å². The first-order chi connectivity index (χ1) is 8.31. The summed E-state index contributed by atoms with van der Waals surface area (Å²) < 4.78 is 1.28. The van der Waals surface area contributed by atoms with E-state index in [4.69, 9.17) is 0 Å². The molecule has 1 atom stereocenters. The van der Waals surface area contributed by atoms with Crippen LogP contribution in [0.1, 0.15) is 24.4 Å². The van der Waals surface area contributed by atoms with E-state index in [9.17, 15) is 0 Å². The van der Waals surface area contributed by atoms with Gasteiger partial charge in [0.2, 0.25) is 0 Å². The van der Waals surface area contributed by atoms with Crippen molar-refractivity contribution in [1.29, 1.82) is 0 Å². The minimum atomic E-state index is 0.356. The molecule has 0 bridgehead atoms. The number of rotatable bonds is 6. The molecule has 0 aliphatic carbocycles. The molecule has 1 aromatic carbocycles. The van der Waals surface area contributed by atoms with Crippen LogP contribution < -0.4 is 5.32 Å². The second-order valence-corrected chi connectivity index (χ2v) is 6.09. The van der Waals surface area contributed by atoms with Gasteiger partial charge in [0, 0.05) is 0 Å². The number of para-hydroxylation sites is 1. The van der Waals surface area contributed by atoms with Crippen molar-refractivity contribution in [2.45, 2.75) is 19.4 Å². The third-order valence-corrected chi connectivity index (χ3v) is 4.57. The number of hydrogen-bond acceptors (Lipinski definition) is 4. The Bertz CT molecular complexity index is 434. The number of thiazole rings is 1. The fourth-order valence-corrected chi connectivity index (χ4v) is 3.12. The number of hydrogen-bond donors (Lipinski definition) is 1. The van der Waals surface area contributed by atoms with Gasteiger partial charge in [0.05, 0.1) is 16.3 Å². The van der Waals surface area contributed by atoms with Gasteiger partial charge in [0.1, 0.15) is 5.01 Å². The maximum absolute atomic E-state index is 4.66. The fraction of sp³-hybridized carbons (Fsp3) is 0.462. The zero-order valence-corrected chi connectivity index (χ0v) is 11.9. The van der Waals surface area contributed by atoms with Gasteiger partial charge in [-0.25, -0.2) is 4.98 Å². The zero-order valence-electron chi connectivity index (χ0n) is 10.3. The van der Waals surface area contributed by atoms with Gasteiger partial charge in [0.25, 0.3) is 0 Å². The topological polar surface area (TPSA) is 24.9 Å². The molecule has 1 aromatic heterocycles. The number of fused-ring (bicyclic) bond motifs is 1. The second-order valence-electron chi connectivity index (χ2n) is 4.04. The lowest BCUT2D eigenvalue weighted by Crippen LogP contribution is -2.20. The van der Waals surface area contributed by atoms with Gasteiger partial charge in [-0.05, 0) is 44.0 Å². The maximum Gasteiger partial charge on any atom is 0.111 e. The van der Waals surface area contributed by atoms with Gasteiger partial charge in [-0.1, -0.05) is 12.1 Å². The van der Waals surface area contributed by atoms with Crippen LogP contribution in [-0.2, 0) is 0 Å². The first-order valence-electron chi connectivity index (χ1n) is 5.89. The summed E-state index contributed by atoms with van der Waals surface area (Å²) in [6.45, 7) is 3.26. The molecule has 1 N–H and O–H groups in total. The summed E-state index contributed by atoms with van der Waals surface area (Å²) >= 11 is 3.69. The van der Waals surface area contributed by atoms with Crippen molar-refractivity contribution in [2.24, 2.45) is 0 Å². The molecule has 1 heterocycles. The van der Waals surface area contributed by atoms with E-state index in [0.29, 0.717) is 6.04 Å². The first kappa shape index (κ1) is 12.9. The molecule has 0 amide bonds. The number of nitrogens with zero attached hydrogens (tertiary/aromatic N) is 1. The molecule has 17 heavy (non-hydrogen) atoms. The van der Waals surface area contributed by atoms with E-state index in [2.05, 4.69) is 41.7 Å². The van der Waals surface area contributed by atoms with Crippen LogP contribution in [0.5, 0.6) is 0 Å². The summed E-state index contributed by atoms with van der Waals surface area (Å²) in [5.41, 5.74) is 1.12. The Kier molecular flexibility index (Phi) is 4.83. The molecule has 2 nitrogen and oxygen atoms in total. The van der Waals surface area contributed by atoms with Gasteiger partial charge in [0.15, 0.2) is 0 Å². The van der Waals surface area contributed by atoms with Crippen LogP contribution in [0.4, 0.5) is 0 Å². The predicted octanol–water partition coefficient (Wildman–Crippen LogP) is 3.70. The molecule has 2 aromatic rings. The molecule has 92 valence electrons. The van der Waals surface area contributed by atoms with E-state index in [1.54, 1.807) is 11.3 Å². The molecule has 0 aliphatic rings. The summed E-state index contributed by atoms with van der Waals surface area (Å²) in [5.74, 6) is 1.22. The van der Waals surface area contributed by atoms with E-state index >= 15 is 0 Å². The SMILES string of the molecule is CSCCCNC(C)c1nc2ccccc2s1. The van der Waals surface area contributed by atoms with Gasteiger partial charge < -0.3 is 5.32 Å². The highest BCUT2D eigenvalue weighted by Gasteiger charge is 2.09. The van der Waals surface area contributed by atoms with Crippen molar-refractivity contribution in [3.8, 4) is 0 Å². The second kappa shape index (κ2) is 6.38. The zero-order chi connectivity index (χ0) is 12.1. The molecule has 2 rings (SSSR count). The quantitative estimate of drug-likeness (QED) is 0.807. The molecule has 0 saturated heterocycles. The Labute approximate surface area is 111 Å². The minimum absolute atomic E-state index is 0.356. The maximum atomic E-state index is 4.66. The molecule has 0 spiro atoms. The van der Waals surface area contributed by atoms with Crippen molar-refractivity contribution in [1.82, 2.24) is 10.3 Å². The van der Waals surface area contributed by atoms with Gasteiger partial charge >= 0.3 is 0 Å². The summed E-state index contributed by atoms with van der Waals surface area (Å²) in [6.07, 6.45) is 3.37. The van der Waals surface area contributed by atoms with Crippen LogP contribution in [-0.4, -0.2) is 23.5 Å². The highest BCUT2D eigenvalue weighted by atomic mass is 32.2. The average Bonchev–Trinajstić information content (AvgIpc) is 2.78. The highest BCUT2D eigenvalue weighted by Crippen LogP contribution is 2.25. The third kappa shape index (κ3) is 3.44. The van der Waals surface area contributed by atoms with Gasteiger partial charge in [-0.15, -0.1) is 11.3 Å². The fourth-order valence-electron chi connectivity index (χ4n) is 1.70. The lowest BCUT2D eigenvalue weighted by molar-refractivity contribution is 0.571. The molecule has 0 radical (unpaired) electrons. The smallest absolute Gasteiger partial charge is 0.111 e. The van der Waals surface area contributed by atoms with Gasteiger partial charge in [-0.2, -0.15) is 11.8 Å². The Morgan fingerprint density at radius 1 is 1.41 bits per heavy atom. The molecular weight excluding hydrogens is 248 g/mol. The van der Waals surface area contributed by atoms with E-state index in [0.717, 1.165) is 12.1 Å². The van der Waals surface area contributed by atoms with Crippen molar-refractivity contribution in [3.05, 3.63) is 29.3 Å². The predicted molar refractivity (Wildman–Crippen MR) is 79.0 cm³/mol. The van der Waals surface area contributed by atoms with Crippen LogP contribution in [0.2, 0.25) is 0 Å².